The maximum atomic E-state index is 13.3. The molecule has 6 heteroatoms. The molecule has 1 heterocycles. The predicted molar refractivity (Wildman–Crippen MR) is 96.5 cm³/mol. The summed E-state index contributed by atoms with van der Waals surface area (Å²) in [7, 11) is 0. The summed E-state index contributed by atoms with van der Waals surface area (Å²) in [6.07, 6.45) is 5.16. The summed E-state index contributed by atoms with van der Waals surface area (Å²) in [5.41, 5.74) is 3.37. The highest BCUT2D eigenvalue weighted by molar-refractivity contribution is 5.96. The van der Waals surface area contributed by atoms with E-state index >= 15 is 0 Å². The lowest BCUT2D eigenvalue weighted by Gasteiger charge is -2.37. The number of halogens is 1. The fourth-order valence-electron chi connectivity index (χ4n) is 3.99. The van der Waals surface area contributed by atoms with E-state index in [2.05, 4.69) is 22.8 Å². The van der Waals surface area contributed by atoms with Gasteiger partial charge in [-0.15, -0.1) is 0 Å². The summed E-state index contributed by atoms with van der Waals surface area (Å²) in [6.45, 7) is -0.521. The van der Waals surface area contributed by atoms with Gasteiger partial charge in [0.1, 0.15) is 5.82 Å². The number of carboxylic acid groups (broad SMARTS) is 1. The van der Waals surface area contributed by atoms with E-state index in [1.807, 2.05) is 6.07 Å². The first kappa shape index (κ1) is 17.3. The number of carbonyl (C=O) groups is 2. The Labute approximate surface area is 155 Å². The van der Waals surface area contributed by atoms with Crippen LogP contribution in [0.3, 0.4) is 0 Å². The molecule has 27 heavy (non-hydrogen) atoms. The summed E-state index contributed by atoms with van der Waals surface area (Å²) >= 11 is 0. The number of fused-ring (bicyclic) bond motifs is 3. The number of rotatable bonds is 4. The maximum absolute atomic E-state index is 13.3. The van der Waals surface area contributed by atoms with E-state index in [4.69, 9.17) is 0 Å². The SMILES string of the molecule is O=C([O-])CNC(=O)c1ccc2c(c1)[C@H]1C=CC[C@@H]1[C@@H](c1ccc(F)cc1)N2. The molecule has 0 bridgehead atoms. The number of anilines is 1. The maximum Gasteiger partial charge on any atom is 0.251 e. The number of carboxylic acids is 1. The third-order valence-corrected chi connectivity index (χ3v) is 5.25. The first-order chi connectivity index (χ1) is 13.0. The minimum absolute atomic E-state index is 0.0517. The molecule has 1 aliphatic carbocycles. The van der Waals surface area contributed by atoms with E-state index in [1.54, 1.807) is 24.3 Å². The Kier molecular flexibility index (Phi) is 4.39. The Balaban J connectivity index is 1.64. The summed E-state index contributed by atoms with van der Waals surface area (Å²) in [6, 6.07) is 11.9. The number of allylic oxidation sites excluding steroid dienone is 2. The average molecular weight is 365 g/mol. The second-order valence-electron chi connectivity index (χ2n) is 6.88. The molecule has 2 aliphatic rings. The van der Waals surface area contributed by atoms with E-state index < -0.39 is 18.4 Å². The summed E-state index contributed by atoms with van der Waals surface area (Å²) < 4.78 is 13.3. The highest BCUT2D eigenvalue weighted by Gasteiger charge is 2.38. The number of aliphatic carboxylic acids is 1. The van der Waals surface area contributed by atoms with Gasteiger partial charge in [-0.25, -0.2) is 4.39 Å². The lowest BCUT2D eigenvalue weighted by atomic mass is 9.76. The quantitative estimate of drug-likeness (QED) is 0.814. The van der Waals surface area contributed by atoms with Crippen molar-refractivity contribution < 1.29 is 19.1 Å². The topological polar surface area (TPSA) is 81.3 Å². The standard InChI is InChI=1S/C21H19FN2O3/c22-14-7-4-12(5-8-14)20-16-3-1-2-15(16)17-10-13(6-9-18(17)24-20)21(27)23-11-19(25)26/h1-2,4-10,15-16,20,24H,3,11H2,(H,23,27)(H,25,26)/p-1/t15-,16-,20+/m0/s1. The van der Waals surface area contributed by atoms with Crippen LogP contribution < -0.4 is 15.7 Å². The van der Waals surface area contributed by atoms with Gasteiger partial charge >= 0.3 is 0 Å². The van der Waals surface area contributed by atoms with Crippen LogP contribution in [0.4, 0.5) is 10.1 Å². The second-order valence-corrected chi connectivity index (χ2v) is 6.88. The van der Waals surface area contributed by atoms with Crippen molar-refractivity contribution in [1.29, 1.82) is 0 Å². The zero-order chi connectivity index (χ0) is 19.0. The third kappa shape index (κ3) is 3.30. The van der Waals surface area contributed by atoms with Crippen LogP contribution in [0.15, 0.2) is 54.6 Å². The normalized spacial score (nSPS) is 22.5. The van der Waals surface area contributed by atoms with Gasteiger partial charge in [-0.3, -0.25) is 4.79 Å². The molecule has 0 aromatic heterocycles. The van der Waals surface area contributed by atoms with Gasteiger partial charge in [0.2, 0.25) is 0 Å². The Hall–Kier alpha value is -3.15. The number of nitrogens with one attached hydrogen (secondary N) is 2. The van der Waals surface area contributed by atoms with Gasteiger partial charge in [0.25, 0.3) is 5.91 Å². The number of hydrogen-bond acceptors (Lipinski definition) is 4. The first-order valence-electron chi connectivity index (χ1n) is 8.83. The molecule has 4 rings (SSSR count). The molecular formula is C21H18FN2O3-. The Bertz CT molecular complexity index is 924. The van der Waals surface area contributed by atoms with Crippen molar-refractivity contribution >= 4 is 17.6 Å². The molecule has 3 atom stereocenters. The molecule has 2 aromatic rings. The van der Waals surface area contributed by atoms with Crippen molar-refractivity contribution in [2.75, 3.05) is 11.9 Å². The van der Waals surface area contributed by atoms with Crippen molar-refractivity contribution in [3.8, 4) is 0 Å². The molecule has 1 amide bonds. The monoisotopic (exact) mass is 365 g/mol. The van der Waals surface area contributed by atoms with Crippen LogP contribution >= 0.6 is 0 Å². The van der Waals surface area contributed by atoms with Crippen molar-refractivity contribution in [1.82, 2.24) is 5.32 Å². The van der Waals surface area contributed by atoms with Crippen LogP contribution in [-0.4, -0.2) is 18.4 Å². The molecule has 0 radical (unpaired) electrons. The number of hydrogen-bond donors (Lipinski definition) is 2. The molecule has 0 saturated heterocycles. The van der Waals surface area contributed by atoms with Gasteiger partial charge < -0.3 is 20.5 Å². The largest absolute Gasteiger partial charge is 0.548 e. The number of carbonyl (C=O) groups excluding carboxylic acids is 2. The smallest absolute Gasteiger partial charge is 0.251 e. The van der Waals surface area contributed by atoms with Gasteiger partial charge in [0.15, 0.2) is 0 Å². The van der Waals surface area contributed by atoms with Gasteiger partial charge in [-0.1, -0.05) is 24.3 Å². The summed E-state index contributed by atoms with van der Waals surface area (Å²) in [5, 5.41) is 16.4. The van der Waals surface area contributed by atoms with E-state index in [1.165, 1.54) is 12.1 Å². The van der Waals surface area contributed by atoms with Gasteiger partial charge in [-0.2, -0.15) is 0 Å². The second kappa shape index (κ2) is 6.87. The van der Waals surface area contributed by atoms with Crippen molar-refractivity contribution in [2.24, 2.45) is 5.92 Å². The van der Waals surface area contributed by atoms with E-state index in [-0.39, 0.29) is 23.7 Å². The van der Waals surface area contributed by atoms with Crippen LogP contribution in [0, 0.1) is 11.7 Å². The average Bonchev–Trinajstić information content (AvgIpc) is 3.16. The molecule has 0 unspecified atom stereocenters. The minimum atomic E-state index is -1.33. The highest BCUT2D eigenvalue weighted by Crippen LogP contribution is 2.49. The predicted octanol–water partition coefficient (Wildman–Crippen LogP) is 2.13. The molecule has 138 valence electrons. The molecule has 0 fully saturated rings. The van der Waals surface area contributed by atoms with Crippen molar-refractivity contribution in [3.05, 3.63) is 77.1 Å². The van der Waals surface area contributed by atoms with Crippen LogP contribution in [-0.2, 0) is 4.79 Å². The van der Waals surface area contributed by atoms with E-state index in [9.17, 15) is 19.1 Å². The summed E-state index contributed by atoms with van der Waals surface area (Å²) in [4.78, 5) is 22.7. The first-order valence-corrected chi connectivity index (χ1v) is 8.83. The van der Waals surface area contributed by atoms with Gasteiger partial charge in [0.05, 0.1) is 18.6 Å². The summed E-state index contributed by atoms with van der Waals surface area (Å²) in [5.74, 6) is -1.62. The Morgan fingerprint density at radius 1 is 1.19 bits per heavy atom. The molecule has 2 aromatic carbocycles. The lowest BCUT2D eigenvalue weighted by molar-refractivity contribution is -0.303. The van der Waals surface area contributed by atoms with Crippen LogP contribution in [0.2, 0.25) is 0 Å². The van der Waals surface area contributed by atoms with E-state index in [0.29, 0.717) is 5.56 Å². The van der Waals surface area contributed by atoms with Crippen molar-refractivity contribution in [3.63, 3.8) is 0 Å². The fourth-order valence-corrected chi connectivity index (χ4v) is 3.99. The molecule has 0 spiro atoms. The number of amides is 1. The number of benzene rings is 2. The molecule has 5 nitrogen and oxygen atoms in total. The van der Waals surface area contributed by atoms with Crippen LogP contribution in [0.1, 0.15) is 39.9 Å². The highest BCUT2D eigenvalue weighted by atomic mass is 19.1. The fraction of sp³-hybridized carbons (Fsp3) is 0.238. The molecule has 0 saturated carbocycles. The molecule has 1 aliphatic heterocycles. The van der Waals surface area contributed by atoms with Crippen LogP contribution in [0.25, 0.3) is 0 Å². The third-order valence-electron chi connectivity index (χ3n) is 5.25. The molecule has 2 N–H and O–H groups in total. The van der Waals surface area contributed by atoms with Gasteiger partial charge in [-0.05, 0) is 53.8 Å². The minimum Gasteiger partial charge on any atom is -0.548 e. The van der Waals surface area contributed by atoms with Crippen molar-refractivity contribution in [2.45, 2.75) is 18.4 Å². The molecular weight excluding hydrogens is 347 g/mol. The zero-order valence-corrected chi connectivity index (χ0v) is 14.4. The van der Waals surface area contributed by atoms with E-state index in [0.717, 1.165) is 23.2 Å². The van der Waals surface area contributed by atoms with Gasteiger partial charge in [0, 0.05) is 17.2 Å². The zero-order valence-electron chi connectivity index (χ0n) is 14.4. The lowest BCUT2D eigenvalue weighted by Crippen LogP contribution is -2.37. The van der Waals surface area contributed by atoms with Crippen LogP contribution in [0.5, 0.6) is 0 Å². The Morgan fingerprint density at radius 3 is 2.70 bits per heavy atom. The Morgan fingerprint density at radius 2 is 1.96 bits per heavy atom.